The van der Waals surface area contributed by atoms with Crippen LogP contribution >= 0.6 is 11.3 Å². The summed E-state index contributed by atoms with van der Waals surface area (Å²) in [5.74, 6) is 0.742. The number of carbonyl (C=O) groups is 1. The first-order valence-electron chi connectivity index (χ1n) is 5.47. The topological polar surface area (TPSA) is 29.1 Å². The van der Waals surface area contributed by atoms with Crippen LogP contribution in [0.4, 0.5) is 0 Å². The summed E-state index contributed by atoms with van der Waals surface area (Å²) in [7, 11) is 0. The zero-order chi connectivity index (χ0) is 10.9. The quantitative estimate of drug-likeness (QED) is 0.835. The molecule has 0 radical (unpaired) electrons. The highest BCUT2D eigenvalue weighted by atomic mass is 32.1. The molecule has 1 N–H and O–H groups in total. The molecule has 1 heterocycles. The number of carbonyl (C=O) groups excluding carboxylic acids is 1. The van der Waals surface area contributed by atoms with Gasteiger partial charge in [0.2, 0.25) is 5.91 Å². The zero-order valence-corrected chi connectivity index (χ0v) is 10.1. The summed E-state index contributed by atoms with van der Waals surface area (Å²) in [5.41, 5.74) is -0.164. The largest absolute Gasteiger partial charge is 0.355 e. The number of amides is 1. The van der Waals surface area contributed by atoms with Crippen LogP contribution in [0.2, 0.25) is 0 Å². The van der Waals surface area contributed by atoms with Gasteiger partial charge in [0.1, 0.15) is 0 Å². The summed E-state index contributed by atoms with van der Waals surface area (Å²) in [6, 6.07) is 4.10. The van der Waals surface area contributed by atoms with Gasteiger partial charge < -0.3 is 5.32 Å². The van der Waals surface area contributed by atoms with Gasteiger partial charge >= 0.3 is 0 Å². The Bertz CT molecular complexity index is 339. The Morgan fingerprint density at radius 1 is 1.60 bits per heavy atom. The predicted octanol–water partition coefficient (Wildman–Crippen LogP) is 2.55. The van der Waals surface area contributed by atoms with E-state index in [9.17, 15) is 4.79 Å². The van der Waals surface area contributed by atoms with Gasteiger partial charge in [-0.2, -0.15) is 0 Å². The molecule has 0 aromatic carbocycles. The number of nitrogens with one attached hydrogen (secondary N) is 1. The molecule has 0 bridgehead atoms. The molecule has 1 aliphatic rings. The Labute approximate surface area is 94.7 Å². The van der Waals surface area contributed by atoms with E-state index in [0.29, 0.717) is 5.92 Å². The number of hydrogen-bond donors (Lipinski definition) is 1. The molecule has 1 aliphatic carbocycles. The SMILES string of the molecule is CC(C)CNC(=O)C1(c2cccs2)CC1. The minimum absolute atomic E-state index is 0.164. The average molecular weight is 223 g/mol. The molecule has 0 spiro atoms. The Kier molecular flexibility index (Phi) is 2.83. The second-order valence-electron chi connectivity index (χ2n) is 4.66. The van der Waals surface area contributed by atoms with E-state index in [4.69, 9.17) is 0 Å². The van der Waals surface area contributed by atoms with E-state index < -0.39 is 0 Å². The second-order valence-corrected chi connectivity index (χ2v) is 5.61. The Hall–Kier alpha value is -0.830. The Morgan fingerprint density at radius 3 is 2.80 bits per heavy atom. The van der Waals surface area contributed by atoms with E-state index in [1.807, 2.05) is 11.4 Å². The standard InChI is InChI=1S/C12H17NOS/c1-9(2)8-13-11(14)12(5-6-12)10-4-3-7-15-10/h3-4,7,9H,5-6,8H2,1-2H3,(H,13,14). The lowest BCUT2D eigenvalue weighted by atomic mass is 10.0. The highest BCUT2D eigenvalue weighted by Crippen LogP contribution is 2.50. The van der Waals surface area contributed by atoms with Gasteiger partial charge in [-0.05, 0) is 30.2 Å². The first-order chi connectivity index (χ1) is 7.15. The van der Waals surface area contributed by atoms with Crippen LogP contribution in [0.15, 0.2) is 17.5 Å². The van der Waals surface area contributed by atoms with Crippen molar-refractivity contribution in [2.45, 2.75) is 32.1 Å². The highest BCUT2D eigenvalue weighted by molar-refractivity contribution is 7.10. The lowest BCUT2D eigenvalue weighted by molar-refractivity contribution is -0.123. The second kappa shape index (κ2) is 3.97. The van der Waals surface area contributed by atoms with Crippen LogP contribution in [0.5, 0.6) is 0 Å². The molecule has 1 fully saturated rings. The van der Waals surface area contributed by atoms with Crippen molar-refractivity contribution in [3.05, 3.63) is 22.4 Å². The molecule has 1 amide bonds. The molecule has 15 heavy (non-hydrogen) atoms. The fourth-order valence-corrected chi connectivity index (χ4v) is 2.71. The molecule has 1 saturated carbocycles. The molecule has 2 nitrogen and oxygen atoms in total. The zero-order valence-electron chi connectivity index (χ0n) is 9.25. The fourth-order valence-electron chi connectivity index (χ4n) is 1.73. The van der Waals surface area contributed by atoms with Crippen molar-refractivity contribution in [3.8, 4) is 0 Å². The monoisotopic (exact) mass is 223 g/mol. The molecule has 82 valence electrons. The van der Waals surface area contributed by atoms with Gasteiger partial charge in [-0.15, -0.1) is 11.3 Å². The summed E-state index contributed by atoms with van der Waals surface area (Å²) >= 11 is 1.69. The van der Waals surface area contributed by atoms with Crippen molar-refractivity contribution in [1.29, 1.82) is 0 Å². The lowest BCUT2D eigenvalue weighted by Crippen LogP contribution is -2.36. The highest BCUT2D eigenvalue weighted by Gasteiger charge is 2.51. The minimum Gasteiger partial charge on any atom is -0.355 e. The van der Waals surface area contributed by atoms with E-state index in [-0.39, 0.29) is 11.3 Å². The number of hydrogen-bond acceptors (Lipinski definition) is 2. The average Bonchev–Trinajstić information content (AvgIpc) is 2.83. The van der Waals surface area contributed by atoms with Crippen LogP contribution in [-0.2, 0) is 10.2 Å². The molecule has 0 aliphatic heterocycles. The van der Waals surface area contributed by atoms with Crippen molar-refractivity contribution in [3.63, 3.8) is 0 Å². The summed E-state index contributed by atoms with van der Waals surface area (Å²) in [5, 5.41) is 5.09. The number of rotatable bonds is 4. The fraction of sp³-hybridized carbons (Fsp3) is 0.583. The lowest BCUT2D eigenvalue weighted by Gasteiger charge is -2.14. The van der Waals surface area contributed by atoms with Crippen molar-refractivity contribution in [1.82, 2.24) is 5.32 Å². The molecule has 0 unspecified atom stereocenters. The molecular weight excluding hydrogens is 206 g/mol. The normalized spacial score (nSPS) is 17.8. The van der Waals surface area contributed by atoms with Crippen molar-refractivity contribution in [2.24, 2.45) is 5.92 Å². The van der Waals surface area contributed by atoms with Gasteiger partial charge in [-0.3, -0.25) is 4.79 Å². The maximum absolute atomic E-state index is 12.0. The summed E-state index contributed by atoms with van der Waals surface area (Å²) in [4.78, 5) is 13.3. The van der Waals surface area contributed by atoms with Crippen LogP contribution in [0, 0.1) is 5.92 Å². The van der Waals surface area contributed by atoms with Crippen molar-refractivity contribution >= 4 is 17.2 Å². The van der Waals surface area contributed by atoms with Gasteiger partial charge in [0.05, 0.1) is 5.41 Å². The van der Waals surface area contributed by atoms with Gasteiger partial charge in [0.25, 0.3) is 0 Å². The summed E-state index contributed by atoms with van der Waals surface area (Å²) in [6.07, 6.45) is 2.02. The van der Waals surface area contributed by atoms with E-state index in [2.05, 4.69) is 25.2 Å². The van der Waals surface area contributed by atoms with Crippen LogP contribution in [0.1, 0.15) is 31.6 Å². The molecular formula is C12H17NOS. The smallest absolute Gasteiger partial charge is 0.231 e. The minimum atomic E-state index is -0.164. The van der Waals surface area contributed by atoms with Crippen molar-refractivity contribution in [2.75, 3.05) is 6.54 Å². The third kappa shape index (κ3) is 2.07. The van der Waals surface area contributed by atoms with Crippen LogP contribution in [-0.4, -0.2) is 12.5 Å². The third-order valence-corrected chi connectivity index (χ3v) is 3.92. The van der Waals surface area contributed by atoms with Gasteiger partial charge in [-0.1, -0.05) is 19.9 Å². The maximum atomic E-state index is 12.0. The van der Waals surface area contributed by atoms with Gasteiger partial charge in [0.15, 0.2) is 0 Å². The van der Waals surface area contributed by atoms with E-state index in [1.165, 1.54) is 4.88 Å². The Balaban J connectivity index is 2.01. The molecule has 1 aromatic heterocycles. The maximum Gasteiger partial charge on any atom is 0.231 e. The molecule has 1 aromatic rings. The summed E-state index contributed by atoms with van der Waals surface area (Å²) < 4.78 is 0. The summed E-state index contributed by atoms with van der Waals surface area (Å²) in [6.45, 7) is 5.02. The third-order valence-electron chi connectivity index (χ3n) is 2.85. The molecule has 0 saturated heterocycles. The molecule has 2 rings (SSSR count). The number of thiophene rings is 1. The van der Waals surface area contributed by atoms with E-state index in [1.54, 1.807) is 11.3 Å². The Morgan fingerprint density at radius 2 is 2.33 bits per heavy atom. The van der Waals surface area contributed by atoms with Crippen LogP contribution in [0.25, 0.3) is 0 Å². The van der Waals surface area contributed by atoms with Crippen LogP contribution in [0.3, 0.4) is 0 Å². The van der Waals surface area contributed by atoms with E-state index in [0.717, 1.165) is 19.4 Å². The molecule has 3 heteroatoms. The first-order valence-corrected chi connectivity index (χ1v) is 6.35. The first kappa shape index (κ1) is 10.7. The van der Waals surface area contributed by atoms with Crippen LogP contribution < -0.4 is 5.32 Å². The van der Waals surface area contributed by atoms with Crippen molar-refractivity contribution < 1.29 is 4.79 Å². The van der Waals surface area contributed by atoms with Gasteiger partial charge in [0, 0.05) is 11.4 Å². The predicted molar refractivity (Wildman–Crippen MR) is 63.1 cm³/mol. The van der Waals surface area contributed by atoms with Gasteiger partial charge in [-0.25, -0.2) is 0 Å². The van der Waals surface area contributed by atoms with E-state index >= 15 is 0 Å². The molecule has 0 atom stereocenters.